The molecule has 0 bridgehead atoms. The molecule has 0 aliphatic carbocycles. The second-order valence-corrected chi connectivity index (χ2v) is 10.4. The van der Waals surface area contributed by atoms with Crippen molar-refractivity contribution in [3.05, 3.63) is 105 Å². The Morgan fingerprint density at radius 2 is 1.56 bits per heavy atom. The Labute approximate surface area is 241 Å². The average Bonchev–Trinajstić information content (AvgIpc) is 2.93. The molecule has 0 saturated carbocycles. The van der Waals surface area contributed by atoms with Crippen LogP contribution >= 0.6 is 23.2 Å². The Kier molecular flexibility index (Phi) is 12.3. The van der Waals surface area contributed by atoms with Crippen LogP contribution in [0.5, 0.6) is 0 Å². The molecule has 0 fully saturated rings. The molecule has 0 saturated heterocycles. The number of hydrogen-bond donors (Lipinski definition) is 3. The number of nitrogens with one attached hydrogen (secondary N) is 2. The highest BCUT2D eigenvalue weighted by Gasteiger charge is 2.30. The molecule has 0 aliphatic heterocycles. The van der Waals surface area contributed by atoms with Gasteiger partial charge in [0.2, 0.25) is 0 Å². The van der Waals surface area contributed by atoms with Crippen molar-refractivity contribution in [2.24, 2.45) is 0 Å². The lowest BCUT2D eigenvalue weighted by molar-refractivity contribution is 0.0353. The van der Waals surface area contributed by atoms with E-state index in [2.05, 4.69) is 10.6 Å². The molecule has 8 heteroatoms. The summed E-state index contributed by atoms with van der Waals surface area (Å²) in [5, 5.41) is 18.7. The number of carbonyl (C=O) groups is 2. The van der Waals surface area contributed by atoms with Crippen LogP contribution in [0.2, 0.25) is 10.0 Å². The van der Waals surface area contributed by atoms with Gasteiger partial charge in [-0.2, -0.15) is 0 Å². The number of aliphatic hydroxyl groups is 1. The van der Waals surface area contributed by atoms with E-state index in [1.165, 1.54) is 0 Å². The normalized spacial score (nSPS) is 12.5. The van der Waals surface area contributed by atoms with Gasteiger partial charge in [-0.15, -0.1) is 0 Å². The molecule has 0 spiro atoms. The van der Waals surface area contributed by atoms with E-state index in [-0.39, 0.29) is 18.4 Å². The Morgan fingerprint density at radius 1 is 0.872 bits per heavy atom. The Morgan fingerprint density at radius 3 is 2.23 bits per heavy atom. The second kappa shape index (κ2) is 15.6. The van der Waals surface area contributed by atoms with Crippen LogP contribution in [0, 0.1) is 0 Å². The maximum Gasteiger partial charge on any atom is 0.254 e. The monoisotopic (exact) mass is 569 g/mol. The largest absolute Gasteiger partial charge is 0.390 e. The minimum atomic E-state index is -0.855. The first-order valence-corrected chi connectivity index (χ1v) is 14.1. The zero-order valence-corrected chi connectivity index (χ0v) is 24.0. The first kappa shape index (κ1) is 30.6. The SMILES string of the molecule is CCCNC(=O)c1cccc(C(=O)N(CCC)[C@@H](Cc2ccccc2)[C@H](O)CNCc2cc(Cl)cc(Cl)c2)c1. The molecule has 208 valence electrons. The molecule has 3 aromatic rings. The van der Waals surface area contributed by atoms with Crippen LogP contribution in [0.3, 0.4) is 0 Å². The highest BCUT2D eigenvalue weighted by Crippen LogP contribution is 2.20. The van der Waals surface area contributed by atoms with E-state index in [1.54, 1.807) is 35.2 Å². The molecule has 0 unspecified atom stereocenters. The van der Waals surface area contributed by atoms with E-state index in [0.717, 1.165) is 24.0 Å². The third kappa shape index (κ3) is 9.36. The van der Waals surface area contributed by atoms with Crippen molar-refractivity contribution in [1.29, 1.82) is 0 Å². The van der Waals surface area contributed by atoms with Crippen LogP contribution in [0.4, 0.5) is 0 Å². The number of nitrogens with zero attached hydrogens (tertiary/aromatic N) is 1. The molecule has 0 aliphatic rings. The van der Waals surface area contributed by atoms with E-state index in [4.69, 9.17) is 23.2 Å². The number of halogens is 2. The van der Waals surface area contributed by atoms with Gasteiger partial charge in [-0.25, -0.2) is 0 Å². The number of amides is 2. The Hall–Kier alpha value is -2.90. The molecule has 39 heavy (non-hydrogen) atoms. The summed E-state index contributed by atoms with van der Waals surface area (Å²) in [5.74, 6) is -0.427. The summed E-state index contributed by atoms with van der Waals surface area (Å²) >= 11 is 12.3. The zero-order valence-electron chi connectivity index (χ0n) is 22.5. The van der Waals surface area contributed by atoms with E-state index in [1.807, 2.05) is 56.3 Å². The van der Waals surface area contributed by atoms with Crippen LogP contribution in [-0.4, -0.2) is 53.6 Å². The zero-order chi connectivity index (χ0) is 28.2. The van der Waals surface area contributed by atoms with Gasteiger partial charge in [0.05, 0.1) is 12.1 Å². The number of hydrogen-bond acceptors (Lipinski definition) is 4. The van der Waals surface area contributed by atoms with Gasteiger partial charge in [0.1, 0.15) is 0 Å². The summed E-state index contributed by atoms with van der Waals surface area (Å²) in [6, 6.07) is 21.4. The molecular weight excluding hydrogens is 533 g/mol. The van der Waals surface area contributed by atoms with Gasteiger partial charge in [0.15, 0.2) is 0 Å². The standard InChI is InChI=1S/C31H37Cl2N3O3/c1-3-13-35-30(38)24-11-8-12-25(18-24)31(39)36(14-4-2)28(17-22-9-6-5-7-10-22)29(37)21-34-20-23-15-26(32)19-27(33)16-23/h5-12,15-16,18-19,28-29,34,37H,3-4,13-14,17,20-21H2,1-2H3,(H,35,38)/t28-,29+/m0/s1. The van der Waals surface area contributed by atoms with Crippen LogP contribution < -0.4 is 10.6 Å². The van der Waals surface area contributed by atoms with Crippen molar-refractivity contribution in [2.45, 2.75) is 51.8 Å². The van der Waals surface area contributed by atoms with Crippen LogP contribution in [0.15, 0.2) is 72.8 Å². The molecule has 3 aromatic carbocycles. The van der Waals surface area contributed by atoms with E-state index in [0.29, 0.717) is 47.2 Å². The molecule has 2 atom stereocenters. The van der Waals surface area contributed by atoms with Gasteiger partial charge in [0, 0.05) is 47.4 Å². The number of benzene rings is 3. The van der Waals surface area contributed by atoms with Gasteiger partial charge in [-0.3, -0.25) is 9.59 Å². The lowest BCUT2D eigenvalue weighted by Crippen LogP contribution is -2.51. The van der Waals surface area contributed by atoms with Crippen LogP contribution in [0.25, 0.3) is 0 Å². The molecule has 0 heterocycles. The minimum Gasteiger partial charge on any atom is -0.390 e. The van der Waals surface area contributed by atoms with Crippen molar-refractivity contribution in [3.8, 4) is 0 Å². The third-order valence-electron chi connectivity index (χ3n) is 6.37. The molecule has 0 radical (unpaired) electrons. The summed E-state index contributed by atoms with van der Waals surface area (Å²) in [6.07, 6.45) is 1.17. The summed E-state index contributed by atoms with van der Waals surface area (Å²) in [4.78, 5) is 28.1. The Balaban J connectivity index is 1.83. The predicted molar refractivity (Wildman–Crippen MR) is 159 cm³/mol. The van der Waals surface area contributed by atoms with E-state index < -0.39 is 12.1 Å². The Bertz CT molecular complexity index is 1200. The minimum absolute atomic E-state index is 0.209. The topological polar surface area (TPSA) is 81.7 Å². The summed E-state index contributed by atoms with van der Waals surface area (Å²) in [6.45, 7) is 5.74. The number of rotatable bonds is 14. The smallest absolute Gasteiger partial charge is 0.254 e. The predicted octanol–water partition coefficient (Wildman–Crippen LogP) is 5.75. The lowest BCUT2D eigenvalue weighted by Gasteiger charge is -2.35. The quantitative estimate of drug-likeness (QED) is 0.231. The molecule has 0 aromatic heterocycles. The van der Waals surface area contributed by atoms with Crippen molar-refractivity contribution in [2.75, 3.05) is 19.6 Å². The molecule has 6 nitrogen and oxygen atoms in total. The maximum atomic E-state index is 13.9. The van der Waals surface area contributed by atoms with Crippen molar-refractivity contribution in [3.63, 3.8) is 0 Å². The maximum absolute atomic E-state index is 13.9. The van der Waals surface area contributed by atoms with Crippen molar-refractivity contribution >= 4 is 35.0 Å². The molecular formula is C31H37Cl2N3O3. The van der Waals surface area contributed by atoms with Crippen LogP contribution in [0.1, 0.15) is 58.5 Å². The first-order chi connectivity index (χ1) is 18.8. The van der Waals surface area contributed by atoms with Crippen LogP contribution in [-0.2, 0) is 13.0 Å². The lowest BCUT2D eigenvalue weighted by atomic mass is 9.97. The fourth-order valence-electron chi connectivity index (χ4n) is 4.48. The van der Waals surface area contributed by atoms with Gasteiger partial charge >= 0.3 is 0 Å². The third-order valence-corrected chi connectivity index (χ3v) is 6.81. The van der Waals surface area contributed by atoms with Crippen molar-refractivity contribution in [1.82, 2.24) is 15.5 Å². The number of aliphatic hydroxyl groups excluding tert-OH is 1. The highest BCUT2D eigenvalue weighted by molar-refractivity contribution is 6.34. The van der Waals surface area contributed by atoms with E-state index >= 15 is 0 Å². The second-order valence-electron chi connectivity index (χ2n) is 9.57. The molecule has 3 N–H and O–H groups in total. The summed E-state index contributed by atoms with van der Waals surface area (Å²) < 4.78 is 0. The van der Waals surface area contributed by atoms with Gasteiger partial charge in [0.25, 0.3) is 11.8 Å². The van der Waals surface area contributed by atoms with E-state index in [9.17, 15) is 14.7 Å². The summed E-state index contributed by atoms with van der Waals surface area (Å²) in [5.41, 5.74) is 2.77. The van der Waals surface area contributed by atoms with Gasteiger partial charge in [-0.1, -0.05) is 73.4 Å². The summed E-state index contributed by atoms with van der Waals surface area (Å²) in [7, 11) is 0. The fourth-order valence-corrected chi connectivity index (χ4v) is 5.05. The highest BCUT2D eigenvalue weighted by atomic mass is 35.5. The molecule has 3 rings (SSSR count). The average molecular weight is 571 g/mol. The van der Waals surface area contributed by atoms with Gasteiger partial charge < -0.3 is 20.6 Å². The van der Waals surface area contributed by atoms with Gasteiger partial charge in [-0.05, 0) is 66.8 Å². The fraction of sp³-hybridized carbons (Fsp3) is 0.355. The first-order valence-electron chi connectivity index (χ1n) is 13.4. The number of carbonyl (C=O) groups excluding carboxylic acids is 2. The molecule has 2 amide bonds. The van der Waals surface area contributed by atoms with Crippen molar-refractivity contribution < 1.29 is 14.7 Å².